The molecule has 1 aliphatic heterocycles. The number of allylic oxidation sites excluding steroid dienone is 2. The van der Waals surface area contributed by atoms with Crippen molar-refractivity contribution in [3.8, 4) is 0 Å². The van der Waals surface area contributed by atoms with Crippen LogP contribution in [0.2, 0.25) is 0 Å². The smallest absolute Gasteiger partial charge is 0.256 e. The predicted octanol–water partition coefficient (Wildman–Crippen LogP) is 4.95. The van der Waals surface area contributed by atoms with E-state index in [1.165, 1.54) is 102 Å². The molecule has 0 aromatic carbocycles. The molecule has 97 heavy (non-hydrogen) atoms. The van der Waals surface area contributed by atoms with Crippen molar-refractivity contribution < 1.29 is 63.0 Å². The molecule has 13 atom stereocenters. The molecule has 0 spiro atoms. The van der Waals surface area contributed by atoms with Gasteiger partial charge in [0.1, 0.15) is 60.4 Å². The summed E-state index contributed by atoms with van der Waals surface area (Å²) in [7, 11) is 9.92. The molecule has 26 heteroatoms. The number of hydrogen-bond acceptors (Lipinski definition) is 15. The second kappa shape index (κ2) is 41.0. The molecule has 1 saturated heterocycles. The summed E-state index contributed by atoms with van der Waals surface area (Å²) in [6.45, 7) is 36.8. The quantitative estimate of drug-likeness (QED) is 0.0583. The maximum Gasteiger partial charge on any atom is 0.256 e. The zero-order chi connectivity index (χ0) is 75.2. The van der Waals surface area contributed by atoms with Crippen LogP contribution in [0, 0.1) is 35.5 Å². The van der Waals surface area contributed by atoms with Gasteiger partial charge in [0.2, 0.25) is 59.1 Å². The number of thioether (sulfide) groups is 1. The molecule has 0 saturated carbocycles. The van der Waals surface area contributed by atoms with Crippen LogP contribution in [0.15, 0.2) is 12.2 Å². The van der Waals surface area contributed by atoms with Gasteiger partial charge in [-0.25, -0.2) is 0 Å². The minimum atomic E-state index is -1.66. The number of aliphatic hydroxyl groups is 2. The van der Waals surface area contributed by atoms with Gasteiger partial charge in [0.05, 0.1) is 11.7 Å². The third-order valence-corrected chi connectivity index (χ3v) is 19.7. The molecule has 0 radical (unpaired) electrons. The fraction of sp³-hybridized carbons (Fsp3) is 0.817. The van der Waals surface area contributed by atoms with E-state index in [1.807, 2.05) is 54.5 Å². The van der Waals surface area contributed by atoms with Crippen LogP contribution < -0.4 is 21.3 Å². The van der Waals surface area contributed by atoms with Gasteiger partial charge in [0, 0.05) is 61.8 Å². The molecule has 1 heterocycles. The fourth-order valence-corrected chi connectivity index (χ4v) is 13.5. The summed E-state index contributed by atoms with van der Waals surface area (Å²) in [5, 5.41) is 33.6. The van der Waals surface area contributed by atoms with Crippen molar-refractivity contribution in [1.82, 2.24) is 60.5 Å². The Kier molecular flexibility index (Phi) is 37.7. The largest absolute Gasteiger partial charge is 0.390 e. The lowest BCUT2D eigenvalue weighted by Gasteiger charge is -2.41. The summed E-state index contributed by atoms with van der Waals surface area (Å²) in [6, 6.07) is -12.9. The third kappa shape index (κ3) is 26.3. The zero-order valence-corrected chi connectivity index (χ0v) is 65.1. The first kappa shape index (κ1) is 89.2. The molecule has 1 fully saturated rings. The minimum absolute atomic E-state index is 0.0393. The van der Waals surface area contributed by atoms with Crippen LogP contribution in [0.3, 0.4) is 0 Å². The Bertz CT molecular complexity index is 2630. The molecule has 0 aromatic heterocycles. The highest BCUT2D eigenvalue weighted by molar-refractivity contribution is 8.00. The molecule has 0 bridgehead atoms. The van der Waals surface area contributed by atoms with Gasteiger partial charge in [-0.05, 0) is 141 Å². The Morgan fingerprint density at radius 1 is 0.526 bits per heavy atom. The second-order valence-corrected chi connectivity index (χ2v) is 31.0. The normalized spacial score (nSPS) is 26.1. The molecule has 0 aliphatic carbocycles. The molecule has 1 rings (SSSR count). The van der Waals surface area contributed by atoms with Gasteiger partial charge in [-0.2, -0.15) is 0 Å². The average Bonchev–Trinajstić information content (AvgIpc) is 0.808. The molecule has 0 unspecified atom stereocenters. The molecule has 0 aromatic rings. The summed E-state index contributed by atoms with van der Waals surface area (Å²) in [5.41, 5.74) is -1.59. The van der Waals surface area contributed by atoms with Crippen LogP contribution in [0.5, 0.6) is 0 Å². The number of rotatable bonds is 23. The van der Waals surface area contributed by atoms with Gasteiger partial charge >= 0.3 is 0 Å². The van der Waals surface area contributed by atoms with E-state index in [0.717, 1.165) is 28.1 Å². The van der Waals surface area contributed by atoms with Crippen LogP contribution in [-0.2, 0) is 52.7 Å². The number of nitrogens with zero attached hydrogens (tertiary/aromatic N) is 8. The molecule has 11 amide bonds. The van der Waals surface area contributed by atoms with Gasteiger partial charge in [-0.15, -0.1) is 11.8 Å². The fourth-order valence-electron chi connectivity index (χ4n) is 12.3. The Balaban J connectivity index is 4.65. The topological polar surface area (TPSA) is 302 Å². The predicted molar refractivity (Wildman–Crippen MR) is 383 cm³/mol. The van der Waals surface area contributed by atoms with Crippen LogP contribution in [-0.4, -0.2) is 266 Å². The second-order valence-electron chi connectivity index (χ2n) is 29.9. The lowest BCUT2D eigenvalue weighted by atomic mass is 9.91. The number of likely N-dealkylation sites (N-methyl/N-ethyl adjacent to an activating group) is 7. The maximum atomic E-state index is 15.5. The number of carbonyl (C=O) groups excluding carboxylic acids is 11. The van der Waals surface area contributed by atoms with Crippen molar-refractivity contribution >= 4 is 76.7 Å². The summed E-state index contributed by atoms with van der Waals surface area (Å²) < 4.78 is 0. The van der Waals surface area contributed by atoms with Crippen molar-refractivity contribution in [2.24, 2.45) is 35.5 Å². The first-order valence-electron chi connectivity index (χ1n) is 35.2. The standard InChI is InChI=1S/C71H130N12O13S/c1-28-31-34-47(16)58(84)57-62(88)74-50(33-29-2)64(90)82(27)70(97-36-32-35-83(30-3)46(14)15)69(95)79(24)54(40-71(19,20)96)61(87)75-55(44(10)11)67(93)76(21)51(37-41(4)5)60(86)72-48(17)59(85)73-49(18)63(89)77(22)52(38-42(6)7)65(91)78(23)53(39-43(8)9)66(92)80(25)56(45(12)13)68(94)81(57)26/h28,31,41-58,70,84,96H,29-30,32-40H2,1-27H3,(H,72,86)(H,73,85)(H,74,88)(H,75,87)/b31-28+/t47-,48-,49+,50+,51-,52-,53+,54+,55-,56+,57+,58-,70-/m1/s1. The molecule has 558 valence electrons. The van der Waals surface area contributed by atoms with Crippen LogP contribution >= 0.6 is 11.8 Å². The number of amides is 11. The van der Waals surface area contributed by atoms with Gasteiger partial charge in [-0.1, -0.05) is 109 Å². The molecular formula is C71H130N12O13S. The number of carbonyl (C=O) groups is 11. The monoisotopic (exact) mass is 1390 g/mol. The van der Waals surface area contributed by atoms with Gasteiger partial charge in [0.15, 0.2) is 5.37 Å². The summed E-state index contributed by atoms with van der Waals surface area (Å²) in [5.74, 6) is -9.91. The minimum Gasteiger partial charge on any atom is -0.390 e. The van der Waals surface area contributed by atoms with E-state index >= 15 is 33.6 Å². The van der Waals surface area contributed by atoms with E-state index < -0.39 is 160 Å². The van der Waals surface area contributed by atoms with Crippen LogP contribution in [0.1, 0.15) is 190 Å². The van der Waals surface area contributed by atoms with E-state index in [9.17, 15) is 29.4 Å². The van der Waals surface area contributed by atoms with Gasteiger partial charge in [0.25, 0.3) is 5.91 Å². The summed E-state index contributed by atoms with van der Waals surface area (Å²) in [6.07, 6.45) is 3.36. The SMILES string of the molecule is C/C=C/C[C@@H](C)[C@@H](O)[C@H]1C(=O)N[C@@H](CCC)C(=O)N(C)[C@H](SCCCN(CC)C(C)C)C(=O)N(C)[C@@H](CC(C)(C)O)C(=O)N[C@H](C(C)C)C(=O)N(C)[C@H](CC(C)C)C(=O)N[C@H](C)C(=O)N[C@@H](C)C(=O)N(C)[C@H](CC(C)C)C(=O)N(C)[C@@H](CC(C)C)C(=O)N(C)[C@@H](C(C)C)C(=O)N1C. The lowest BCUT2D eigenvalue weighted by Crippen LogP contribution is -2.64. The van der Waals surface area contributed by atoms with Crippen molar-refractivity contribution in [3.63, 3.8) is 0 Å². The third-order valence-electron chi connectivity index (χ3n) is 18.4. The molecule has 1 aliphatic rings. The Labute approximate surface area is 586 Å². The molecule has 6 N–H and O–H groups in total. The summed E-state index contributed by atoms with van der Waals surface area (Å²) >= 11 is 1.15. The Morgan fingerprint density at radius 3 is 1.45 bits per heavy atom. The van der Waals surface area contributed by atoms with Crippen molar-refractivity contribution in [1.29, 1.82) is 0 Å². The summed E-state index contributed by atoms with van der Waals surface area (Å²) in [4.78, 5) is 176. The van der Waals surface area contributed by atoms with Gasteiger partial charge in [-0.3, -0.25) is 52.7 Å². The number of nitrogens with one attached hydrogen (secondary N) is 4. The van der Waals surface area contributed by atoms with Crippen LogP contribution in [0.4, 0.5) is 0 Å². The van der Waals surface area contributed by atoms with E-state index in [0.29, 0.717) is 25.1 Å². The van der Waals surface area contributed by atoms with E-state index in [4.69, 9.17) is 0 Å². The Hall–Kier alpha value is -5.86. The highest BCUT2D eigenvalue weighted by Crippen LogP contribution is 2.28. The van der Waals surface area contributed by atoms with Crippen molar-refractivity contribution in [2.45, 2.75) is 273 Å². The van der Waals surface area contributed by atoms with Crippen LogP contribution in [0.25, 0.3) is 0 Å². The van der Waals surface area contributed by atoms with E-state index in [1.54, 1.807) is 54.5 Å². The highest BCUT2D eigenvalue weighted by Gasteiger charge is 2.47. The number of hydrogen-bond donors (Lipinski definition) is 6. The van der Waals surface area contributed by atoms with E-state index in [-0.39, 0.29) is 62.3 Å². The first-order chi connectivity index (χ1) is 44.8. The highest BCUT2D eigenvalue weighted by atomic mass is 32.2. The molecular weight excluding hydrogens is 1260 g/mol. The lowest BCUT2D eigenvalue weighted by molar-refractivity contribution is -0.157. The van der Waals surface area contributed by atoms with Crippen molar-refractivity contribution in [2.75, 3.05) is 68.2 Å². The average molecular weight is 1390 g/mol. The van der Waals surface area contributed by atoms with Gasteiger partial charge < -0.3 is 70.7 Å². The zero-order valence-electron chi connectivity index (χ0n) is 64.3. The molecule has 25 nitrogen and oxygen atoms in total. The first-order valence-corrected chi connectivity index (χ1v) is 36.3. The Morgan fingerprint density at radius 2 is 0.990 bits per heavy atom. The van der Waals surface area contributed by atoms with Crippen molar-refractivity contribution in [3.05, 3.63) is 12.2 Å². The number of aliphatic hydroxyl groups excluding tert-OH is 1. The van der Waals surface area contributed by atoms with E-state index in [2.05, 4.69) is 40.0 Å². The maximum absolute atomic E-state index is 15.5.